The molecule has 144 valence electrons. The zero-order valence-corrected chi connectivity index (χ0v) is 15.2. The molecule has 7 nitrogen and oxygen atoms in total. The second-order valence-electron chi connectivity index (χ2n) is 6.40. The van der Waals surface area contributed by atoms with E-state index in [0.29, 0.717) is 5.56 Å². The molecule has 27 heavy (non-hydrogen) atoms. The second kappa shape index (κ2) is 8.03. The van der Waals surface area contributed by atoms with E-state index in [1.165, 1.54) is 43.6 Å². The molecule has 0 saturated carbocycles. The average molecular weight is 376 g/mol. The Kier molecular flexibility index (Phi) is 5.99. The van der Waals surface area contributed by atoms with Gasteiger partial charge in [-0.05, 0) is 23.6 Å². The molecule has 0 aliphatic carbocycles. The molecular formula is C19H21FN2O5. The predicted octanol–water partition coefficient (Wildman–Crippen LogP) is 2.39. The molecule has 0 aliphatic heterocycles. The molecule has 0 radical (unpaired) electrons. The van der Waals surface area contributed by atoms with Gasteiger partial charge in [-0.25, -0.2) is 14.2 Å². The van der Waals surface area contributed by atoms with Crippen molar-refractivity contribution in [3.63, 3.8) is 0 Å². The summed E-state index contributed by atoms with van der Waals surface area (Å²) in [6.07, 6.45) is 1.20. The number of carboxylic acid groups (broad SMARTS) is 1. The zero-order chi connectivity index (χ0) is 20.2. The number of nitrogens with one attached hydrogen (secondary N) is 1. The summed E-state index contributed by atoms with van der Waals surface area (Å²) < 4.78 is 18.1. The van der Waals surface area contributed by atoms with Crippen LogP contribution in [0.3, 0.4) is 0 Å². The minimum atomic E-state index is -1.69. The molecule has 1 atom stereocenters. The van der Waals surface area contributed by atoms with Crippen molar-refractivity contribution in [2.75, 3.05) is 7.11 Å². The van der Waals surface area contributed by atoms with E-state index in [1.54, 1.807) is 13.8 Å². The molecule has 1 aromatic carbocycles. The summed E-state index contributed by atoms with van der Waals surface area (Å²) in [6.45, 7) is 3.30. The van der Waals surface area contributed by atoms with E-state index >= 15 is 0 Å². The van der Waals surface area contributed by atoms with Gasteiger partial charge in [0, 0.05) is 18.7 Å². The van der Waals surface area contributed by atoms with Crippen molar-refractivity contribution in [3.05, 3.63) is 53.6 Å². The topological polar surface area (TPSA) is 109 Å². The monoisotopic (exact) mass is 376 g/mol. The summed E-state index contributed by atoms with van der Waals surface area (Å²) in [5.74, 6) is -3.51. The van der Waals surface area contributed by atoms with Crippen molar-refractivity contribution in [3.8, 4) is 11.5 Å². The molecule has 1 unspecified atom stereocenters. The summed E-state index contributed by atoms with van der Waals surface area (Å²) in [7, 11) is 1.32. The molecule has 0 saturated heterocycles. The fraction of sp³-hybridized carbons (Fsp3) is 0.316. The van der Waals surface area contributed by atoms with Crippen molar-refractivity contribution in [2.24, 2.45) is 5.92 Å². The lowest BCUT2D eigenvalue weighted by atomic mass is 9.80. The number of benzene rings is 1. The Morgan fingerprint density at radius 3 is 2.41 bits per heavy atom. The lowest BCUT2D eigenvalue weighted by molar-refractivity contribution is -0.146. The summed E-state index contributed by atoms with van der Waals surface area (Å²) in [5, 5.41) is 22.5. The molecule has 3 N–H and O–H groups in total. The highest BCUT2D eigenvalue weighted by Crippen LogP contribution is 2.29. The van der Waals surface area contributed by atoms with E-state index in [-0.39, 0.29) is 17.9 Å². The van der Waals surface area contributed by atoms with E-state index in [4.69, 9.17) is 4.74 Å². The number of aromatic nitrogens is 1. The number of aliphatic carboxylic acids is 1. The largest absolute Gasteiger partial charge is 0.503 e. The van der Waals surface area contributed by atoms with Crippen LogP contribution >= 0.6 is 0 Å². The van der Waals surface area contributed by atoms with Crippen LogP contribution in [0.5, 0.6) is 11.5 Å². The van der Waals surface area contributed by atoms with Crippen LogP contribution < -0.4 is 10.1 Å². The zero-order valence-electron chi connectivity index (χ0n) is 15.2. The maximum Gasteiger partial charge on any atom is 0.330 e. The molecule has 0 spiro atoms. The lowest BCUT2D eigenvalue weighted by Crippen LogP contribution is -2.59. The van der Waals surface area contributed by atoms with E-state index in [2.05, 4.69) is 10.3 Å². The summed E-state index contributed by atoms with van der Waals surface area (Å²) >= 11 is 0. The minimum absolute atomic E-state index is 0.0409. The first-order valence-electron chi connectivity index (χ1n) is 8.23. The first kappa shape index (κ1) is 20.2. The van der Waals surface area contributed by atoms with Gasteiger partial charge < -0.3 is 20.3 Å². The van der Waals surface area contributed by atoms with Gasteiger partial charge >= 0.3 is 5.97 Å². The number of hydrogen-bond acceptors (Lipinski definition) is 5. The maximum absolute atomic E-state index is 13.2. The van der Waals surface area contributed by atoms with Gasteiger partial charge in [0.15, 0.2) is 17.2 Å². The highest BCUT2D eigenvalue weighted by molar-refractivity contribution is 5.99. The molecule has 0 bridgehead atoms. The van der Waals surface area contributed by atoms with Gasteiger partial charge in [-0.2, -0.15) is 0 Å². The number of carbonyl (C=O) groups excluding carboxylic acids is 1. The quantitative estimate of drug-likeness (QED) is 0.685. The third-order valence-corrected chi connectivity index (χ3v) is 4.42. The molecule has 1 aromatic heterocycles. The van der Waals surface area contributed by atoms with E-state index in [1.807, 2.05) is 0 Å². The summed E-state index contributed by atoms with van der Waals surface area (Å²) in [5.41, 5.74) is -1.50. The Morgan fingerprint density at radius 2 is 1.89 bits per heavy atom. The molecule has 1 heterocycles. The minimum Gasteiger partial charge on any atom is -0.503 e. The maximum atomic E-state index is 13.2. The standard InChI is InChI=1S/C19H21FN2O5/c1-11(2)19(18(25)26,10-12-4-6-13(20)7-5-12)22-17(24)15-16(23)14(27-3)8-9-21-15/h4-9,11,23H,10H2,1-3H3,(H,22,24)(H,25,26). The van der Waals surface area contributed by atoms with E-state index < -0.39 is 34.9 Å². The first-order chi connectivity index (χ1) is 12.7. The van der Waals surface area contributed by atoms with Gasteiger partial charge in [-0.3, -0.25) is 4.79 Å². The smallest absolute Gasteiger partial charge is 0.330 e. The number of aromatic hydroxyl groups is 1. The predicted molar refractivity (Wildman–Crippen MR) is 95.2 cm³/mol. The first-order valence-corrected chi connectivity index (χ1v) is 8.23. The second-order valence-corrected chi connectivity index (χ2v) is 6.40. The van der Waals surface area contributed by atoms with Gasteiger partial charge in [-0.15, -0.1) is 0 Å². The van der Waals surface area contributed by atoms with Gasteiger partial charge in [0.2, 0.25) is 0 Å². The SMILES string of the molecule is COc1ccnc(C(=O)NC(Cc2ccc(F)cc2)(C(=O)O)C(C)C)c1O. The summed E-state index contributed by atoms with van der Waals surface area (Å²) in [4.78, 5) is 28.6. The fourth-order valence-electron chi connectivity index (χ4n) is 2.72. The van der Waals surface area contributed by atoms with Crippen LogP contribution in [0, 0.1) is 11.7 Å². The van der Waals surface area contributed by atoms with Crippen LogP contribution in [0.15, 0.2) is 36.5 Å². The molecular weight excluding hydrogens is 355 g/mol. The van der Waals surface area contributed by atoms with Crippen LogP contribution in [-0.4, -0.2) is 39.7 Å². The third kappa shape index (κ3) is 4.16. The van der Waals surface area contributed by atoms with E-state index in [9.17, 15) is 24.2 Å². The van der Waals surface area contributed by atoms with Crippen molar-refractivity contribution in [1.82, 2.24) is 10.3 Å². The van der Waals surface area contributed by atoms with Crippen LogP contribution in [0.25, 0.3) is 0 Å². The number of nitrogens with zero attached hydrogens (tertiary/aromatic N) is 1. The molecule has 0 aliphatic rings. The number of amides is 1. The summed E-state index contributed by atoms with van der Waals surface area (Å²) in [6, 6.07) is 6.74. The number of pyridine rings is 1. The number of methoxy groups -OCH3 is 1. The molecule has 2 aromatic rings. The Hall–Kier alpha value is -3.16. The molecule has 8 heteroatoms. The third-order valence-electron chi connectivity index (χ3n) is 4.42. The van der Waals surface area contributed by atoms with Crippen LogP contribution in [0.1, 0.15) is 29.9 Å². The molecule has 1 amide bonds. The lowest BCUT2D eigenvalue weighted by Gasteiger charge is -2.34. The number of rotatable bonds is 7. The van der Waals surface area contributed by atoms with Gasteiger partial charge in [0.25, 0.3) is 5.91 Å². The Labute approximate surface area is 155 Å². The van der Waals surface area contributed by atoms with Crippen molar-refractivity contribution >= 4 is 11.9 Å². The van der Waals surface area contributed by atoms with Crippen LogP contribution in [0.4, 0.5) is 4.39 Å². The Morgan fingerprint density at radius 1 is 1.26 bits per heavy atom. The van der Waals surface area contributed by atoms with Crippen molar-refractivity contribution < 1.29 is 28.9 Å². The highest BCUT2D eigenvalue weighted by atomic mass is 19.1. The molecule has 2 rings (SSSR count). The number of ether oxygens (including phenoxy) is 1. The van der Waals surface area contributed by atoms with Gasteiger partial charge in [-0.1, -0.05) is 26.0 Å². The normalized spacial score (nSPS) is 13.1. The number of carbonyl (C=O) groups is 2. The van der Waals surface area contributed by atoms with Crippen LogP contribution in [-0.2, 0) is 11.2 Å². The van der Waals surface area contributed by atoms with Crippen molar-refractivity contribution in [2.45, 2.75) is 25.8 Å². The number of hydrogen-bond donors (Lipinski definition) is 3. The van der Waals surface area contributed by atoms with Crippen molar-refractivity contribution in [1.29, 1.82) is 0 Å². The van der Waals surface area contributed by atoms with E-state index in [0.717, 1.165) is 0 Å². The van der Waals surface area contributed by atoms with Gasteiger partial charge in [0.05, 0.1) is 7.11 Å². The molecule has 0 fully saturated rings. The Balaban J connectivity index is 2.41. The number of halogens is 1. The van der Waals surface area contributed by atoms with Gasteiger partial charge in [0.1, 0.15) is 11.4 Å². The van der Waals surface area contributed by atoms with Crippen LogP contribution in [0.2, 0.25) is 0 Å². The highest BCUT2D eigenvalue weighted by Gasteiger charge is 2.44. The fourth-order valence-corrected chi connectivity index (χ4v) is 2.72. The Bertz CT molecular complexity index is 838. The average Bonchev–Trinajstić information content (AvgIpc) is 2.62. The number of carboxylic acids is 1.